The van der Waals surface area contributed by atoms with E-state index in [1.165, 1.54) is 10.9 Å². The SMILES string of the molecule is C=CC(=O)Nc1cc(Nc2ncc(-c3nnn(C)n3)c(-c3cn(C)c4ccccc34)n2)c(OC)cc1N(C)C1[C@H]2CN(C)C[C@@H]12. The summed E-state index contributed by atoms with van der Waals surface area (Å²) in [6.07, 6.45) is 5.00. The molecule has 2 aromatic carbocycles. The fraction of sp³-hybridized carbons (Fsp3) is 0.312. The quantitative estimate of drug-likeness (QED) is 0.240. The minimum atomic E-state index is -0.299. The fourth-order valence-electron chi connectivity index (χ4n) is 6.71. The summed E-state index contributed by atoms with van der Waals surface area (Å²) in [7, 11) is 9.58. The highest BCUT2D eigenvalue weighted by Gasteiger charge is 2.57. The van der Waals surface area contributed by atoms with Gasteiger partial charge in [0.15, 0.2) is 0 Å². The van der Waals surface area contributed by atoms with Gasteiger partial charge in [-0.2, -0.15) is 4.80 Å². The van der Waals surface area contributed by atoms with Crippen LogP contribution in [-0.2, 0) is 18.9 Å². The van der Waals surface area contributed by atoms with Crippen LogP contribution in [0.25, 0.3) is 33.5 Å². The van der Waals surface area contributed by atoms with Crippen molar-refractivity contribution in [2.75, 3.05) is 49.8 Å². The van der Waals surface area contributed by atoms with Crippen molar-refractivity contribution in [2.24, 2.45) is 25.9 Å². The number of carbonyl (C=O) groups excluding carboxylic acids is 1. The molecule has 2 fully saturated rings. The van der Waals surface area contributed by atoms with Gasteiger partial charge in [-0.3, -0.25) is 4.79 Å². The topological polar surface area (TPSA) is 131 Å². The maximum Gasteiger partial charge on any atom is 0.247 e. The lowest BCUT2D eigenvalue weighted by Gasteiger charge is -2.27. The van der Waals surface area contributed by atoms with Gasteiger partial charge >= 0.3 is 0 Å². The predicted molar refractivity (Wildman–Crippen MR) is 174 cm³/mol. The molecule has 2 N–H and O–H groups in total. The van der Waals surface area contributed by atoms with Gasteiger partial charge in [-0.15, -0.1) is 10.2 Å². The van der Waals surface area contributed by atoms with E-state index in [-0.39, 0.29) is 5.91 Å². The van der Waals surface area contributed by atoms with Gasteiger partial charge in [-0.05, 0) is 42.3 Å². The molecule has 1 amide bonds. The number of fused-ring (bicyclic) bond motifs is 2. The summed E-state index contributed by atoms with van der Waals surface area (Å²) in [6.45, 7) is 5.79. The van der Waals surface area contributed by atoms with Crippen LogP contribution in [0.15, 0.2) is 61.4 Å². The molecule has 4 heterocycles. The van der Waals surface area contributed by atoms with E-state index in [9.17, 15) is 4.79 Å². The van der Waals surface area contributed by atoms with Crippen LogP contribution < -0.4 is 20.3 Å². The molecule has 1 saturated heterocycles. The van der Waals surface area contributed by atoms with Crippen LogP contribution in [0.3, 0.4) is 0 Å². The maximum absolute atomic E-state index is 12.5. The van der Waals surface area contributed by atoms with Gasteiger partial charge in [0.05, 0.1) is 42.5 Å². The second-order valence-corrected chi connectivity index (χ2v) is 11.8. The van der Waals surface area contributed by atoms with Crippen LogP contribution >= 0.6 is 0 Å². The van der Waals surface area contributed by atoms with E-state index < -0.39 is 0 Å². The summed E-state index contributed by atoms with van der Waals surface area (Å²) < 4.78 is 7.92. The number of nitrogens with zero attached hydrogens (tertiary/aromatic N) is 9. The van der Waals surface area contributed by atoms with E-state index in [0.29, 0.717) is 58.0 Å². The van der Waals surface area contributed by atoms with E-state index in [0.717, 1.165) is 35.2 Å². The Bertz CT molecular complexity index is 1930. The Morgan fingerprint density at radius 2 is 1.89 bits per heavy atom. The van der Waals surface area contributed by atoms with Gasteiger partial charge in [0, 0.05) is 68.2 Å². The molecule has 0 bridgehead atoms. The second kappa shape index (κ2) is 11.0. The number of hydrogen-bond acceptors (Lipinski definition) is 10. The van der Waals surface area contributed by atoms with Crippen molar-refractivity contribution in [2.45, 2.75) is 6.04 Å². The lowest BCUT2D eigenvalue weighted by atomic mass is 10.1. The number of nitrogens with one attached hydrogen (secondary N) is 2. The third kappa shape index (κ3) is 5.04. The number of aromatic nitrogens is 7. The molecule has 13 nitrogen and oxygen atoms in total. The summed E-state index contributed by atoms with van der Waals surface area (Å²) in [5.41, 5.74) is 5.37. The van der Waals surface area contributed by atoms with Crippen molar-refractivity contribution in [3.05, 3.63) is 61.4 Å². The van der Waals surface area contributed by atoms with Crippen molar-refractivity contribution < 1.29 is 9.53 Å². The Kier molecular flexibility index (Phi) is 6.96. The zero-order chi connectivity index (χ0) is 31.4. The molecule has 1 unspecified atom stereocenters. The molecular weight excluding hydrogens is 570 g/mol. The number of methoxy groups -OCH3 is 1. The fourth-order valence-corrected chi connectivity index (χ4v) is 6.71. The summed E-state index contributed by atoms with van der Waals surface area (Å²) >= 11 is 0. The van der Waals surface area contributed by atoms with E-state index in [1.54, 1.807) is 20.4 Å². The number of para-hydroxylation sites is 1. The van der Waals surface area contributed by atoms with E-state index in [2.05, 4.69) is 78.2 Å². The average molecular weight is 606 g/mol. The van der Waals surface area contributed by atoms with Crippen LogP contribution in [-0.4, -0.2) is 85.9 Å². The minimum absolute atomic E-state index is 0.299. The molecule has 3 aromatic heterocycles. The minimum Gasteiger partial charge on any atom is -0.494 e. The number of piperidine rings is 1. The van der Waals surface area contributed by atoms with Crippen LogP contribution in [0.1, 0.15) is 0 Å². The molecular formula is C32H35N11O2. The van der Waals surface area contributed by atoms with Gasteiger partial charge < -0.3 is 29.7 Å². The number of hydrogen-bond donors (Lipinski definition) is 2. The number of rotatable bonds is 9. The number of aryl methyl sites for hydroxylation is 2. The molecule has 13 heteroatoms. The third-order valence-corrected chi connectivity index (χ3v) is 8.86. The van der Waals surface area contributed by atoms with Gasteiger partial charge in [-0.1, -0.05) is 24.8 Å². The zero-order valence-corrected chi connectivity index (χ0v) is 25.9. The Hall–Kier alpha value is -5.30. The monoisotopic (exact) mass is 605 g/mol. The number of tetrazole rings is 1. The highest BCUT2D eigenvalue weighted by atomic mass is 16.5. The predicted octanol–water partition coefficient (Wildman–Crippen LogP) is 3.70. The normalized spacial score (nSPS) is 18.9. The van der Waals surface area contributed by atoms with Crippen molar-refractivity contribution in [3.63, 3.8) is 0 Å². The highest BCUT2D eigenvalue weighted by Crippen LogP contribution is 2.51. The van der Waals surface area contributed by atoms with Crippen molar-refractivity contribution >= 4 is 39.8 Å². The summed E-state index contributed by atoms with van der Waals surface area (Å²) in [6, 6.07) is 12.3. The molecule has 1 aliphatic heterocycles. The number of ether oxygens (including phenoxy) is 1. The Labute approximate surface area is 260 Å². The summed E-state index contributed by atoms with van der Waals surface area (Å²) in [5, 5.41) is 20.1. The van der Waals surface area contributed by atoms with E-state index in [1.807, 2.05) is 37.5 Å². The summed E-state index contributed by atoms with van der Waals surface area (Å²) in [5.74, 6) is 2.26. The number of amides is 1. The van der Waals surface area contributed by atoms with Gasteiger partial charge in [0.2, 0.25) is 17.7 Å². The average Bonchev–Trinajstić information content (AvgIpc) is 3.34. The lowest BCUT2D eigenvalue weighted by molar-refractivity contribution is -0.111. The van der Waals surface area contributed by atoms with E-state index in [4.69, 9.17) is 9.72 Å². The Morgan fingerprint density at radius 3 is 2.60 bits per heavy atom. The first-order chi connectivity index (χ1) is 21.7. The van der Waals surface area contributed by atoms with Crippen molar-refractivity contribution in [3.8, 4) is 28.4 Å². The first-order valence-corrected chi connectivity index (χ1v) is 14.8. The molecule has 7 rings (SSSR count). The number of benzene rings is 2. The molecule has 2 aliphatic rings. The van der Waals surface area contributed by atoms with Crippen molar-refractivity contribution in [1.29, 1.82) is 0 Å². The number of carbonyl (C=O) groups is 1. The largest absolute Gasteiger partial charge is 0.494 e. The second-order valence-electron chi connectivity index (χ2n) is 11.8. The summed E-state index contributed by atoms with van der Waals surface area (Å²) in [4.78, 5) is 28.2. The van der Waals surface area contributed by atoms with Crippen LogP contribution in [0.5, 0.6) is 5.75 Å². The molecule has 0 spiro atoms. The standard InChI is InChI=1S/C32H35N11O2/c1-7-28(44)34-23-12-24(27(45-6)13-26(23)42(4)30-21-15-40(2)16-22(21)30)35-32-33-14-19(31-37-39-43(5)38-31)29(36-32)20-17-41(3)25-11-9-8-10-18(20)25/h7-14,17,21-22,30H,1,15-16H2,2-6H3,(H,34,44)(H,33,35,36)/t21-,22+,30?. The first-order valence-electron chi connectivity index (χ1n) is 14.8. The third-order valence-electron chi connectivity index (χ3n) is 8.86. The molecule has 0 radical (unpaired) electrons. The molecule has 230 valence electrons. The van der Waals surface area contributed by atoms with Crippen LogP contribution in [0.2, 0.25) is 0 Å². The first kappa shape index (κ1) is 28.5. The number of likely N-dealkylation sites (tertiary alicyclic amines) is 1. The van der Waals surface area contributed by atoms with Gasteiger partial charge in [-0.25, -0.2) is 9.97 Å². The van der Waals surface area contributed by atoms with Crippen LogP contribution in [0.4, 0.5) is 23.0 Å². The molecule has 1 saturated carbocycles. The van der Waals surface area contributed by atoms with Gasteiger partial charge in [0.25, 0.3) is 0 Å². The molecule has 3 atom stereocenters. The molecule has 45 heavy (non-hydrogen) atoms. The van der Waals surface area contributed by atoms with Gasteiger partial charge in [0.1, 0.15) is 5.75 Å². The van der Waals surface area contributed by atoms with Crippen LogP contribution in [0, 0.1) is 11.8 Å². The lowest BCUT2D eigenvalue weighted by Crippen LogP contribution is -2.31. The molecule has 1 aliphatic carbocycles. The number of anilines is 4. The molecule has 5 aromatic rings. The Balaban J connectivity index is 1.30. The van der Waals surface area contributed by atoms with E-state index >= 15 is 0 Å². The highest BCUT2D eigenvalue weighted by molar-refractivity contribution is 6.02. The zero-order valence-electron chi connectivity index (χ0n) is 25.9. The maximum atomic E-state index is 12.5. The van der Waals surface area contributed by atoms with Crippen molar-refractivity contribution in [1.82, 2.24) is 39.6 Å². The smallest absolute Gasteiger partial charge is 0.247 e. The Morgan fingerprint density at radius 1 is 1.11 bits per heavy atom.